The van der Waals surface area contributed by atoms with E-state index in [1.54, 1.807) is 22.2 Å². The van der Waals surface area contributed by atoms with Gasteiger partial charge in [-0.2, -0.15) is 0 Å². The number of carbonyl (C=O) groups excluding carboxylic acids is 1. The van der Waals surface area contributed by atoms with Gasteiger partial charge in [0.25, 0.3) is 0 Å². The number of hydrogen-bond donors (Lipinski definition) is 0. The molecule has 3 aromatic heterocycles. The quantitative estimate of drug-likeness (QED) is 0.669. The second-order valence-electron chi connectivity index (χ2n) is 3.30. The topological polar surface area (TPSA) is 47.3 Å². The van der Waals surface area contributed by atoms with Crippen molar-refractivity contribution in [3.63, 3.8) is 0 Å². The zero-order valence-electron chi connectivity index (χ0n) is 8.16. The number of aromatic nitrogens is 3. The van der Waals surface area contributed by atoms with E-state index in [0.29, 0.717) is 12.1 Å². The molecular formula is C10H7N3OS2. The van der Waals surface area contributed by atoms with Gasteiger partial charge < -0.3 is 0 Å². The molecule has 0 aliphatic carbocycles. The van der Waals surface area contributed by atoms with Crippen LogP contribution in [0.4, 0.5) is 0 Å². The molecule has 0 fully saturated rings. The molecule has 0 aromatic carbocycles. The molecule has 0 bridgehead atoms. The van der Waals surface area contributed by atoms with Crippen LogP contribution in [0.5, 0.6) is 0 Å². The summed E-state index contributed by atoms with van der Waals surface area (Å²) in [6.45, 7) is 0. The Morgan fingerprint density at radius 3 is 3.19 bits per heavy atom. The molecule has 0 saturated heterocycles. The van der Waals surface area contributed by atoms with Crippen molar-refractivity contribution in [1.29, 1.82) is 0 Å². The standard InChI is InChI=1S/C10H7N3OS2/c14-9(8-5-15-6-11-8)3-7-4-13-1-2-16-10(13)12-7/h1-2,4-6H,3H2. The predicted octanol–water partition coefficient (Wildman–Crippen LogP) is 2.28. The average molecular weight is 249 g/mol. The highest BCUT2D eigenvalue weighted by Gasteiger charge is 2.11. The molecular weight excluding hydrogens is 242 g/mol. The van der Waals surface area contributed by atoms with Gasteiger partial charge in [-0.1, -0.05) is 0 Å². The van der Waals surface area contributed by atoms with Crippen LogP contribution >= 0.6 is 22.7 Å². The highest BCUT2D eigenvalue weighted by molar-refractivity contribution is 7.15. The van der Waals surface area contributed by atoms with Crippen LogP contribution in [0, 0.1) is 0 Å². The van der Waals surface area contributed by atoms with Crippen molar-refractivity contribution in [3.8, 4) is 0 Å². The van der Waals surface area contributed by atoms with Gasteiger partial charge in [0.2, 0.25) is 0 Å². The van der Waals surface area contributed by atoms with Crippen molar-refractivity contribution < 1.29 is 4.79 Å². The highest BCUT2D eigenvalue weighted by Crippen LogP contribution is 2.13. The normalized spacial score (nSPS) is 11.0. The summed E-state index contributed by atoms with van der Waals surface area (Å²) in [5, 5.41) is 3.73. The van der Waals surface area contributed by atoms with Gasteiger partial charge in [-0.15, -0.1) is 22.7 Å². The third-order valence-corrected chi connectivity index (χ3v) is 3.56. The number of hydrogen-bond acceptors (Lipinski definition) is 5. The first-order chi connectivity index (χ1) is 7.83. The van der Waals surface area contributed by atoms with E-state index in [0.717, 1.165) is 10.7 Å². The Bertz CT molecular complexity index is 595. The lowest BCUT2D eigenvalue weighted by molar-refractivity contribution is 0.0988. The van der Waals surface area contributed by atoms with Crippen molar-refractivity contribution >= 4 is 33.4 Å². The van der Waals surface area contributed by atoms with Gasteiger partial charge >= 0.3 is 0 Å². The van der Waals surface area contributed by atoms with Crippen molar-refractivity contribution in [3.05, 3.63) is 40.1 Å². The molecule has 0 N–H and O–H groups in total. The number of fused-ring (bicyclic) bond motifs is 1. The first kappa shape index (κ1) is 9.68. The maximum absolute atomic E-state index is 11.8. The van der Waals surface area contributed by atoms with E-state index in [9.17, 15) is 4.79 Å². The van der Waals surface area contributed by atoms with Crippen LogP contribution in [0.15, 0.2) is 28.7 Å². The Morgan fingerprint density at radius 1 is 1.50 bits per heavy atom. The van der Waals surface area contributed by atoms with Crippen LogP contribution in [0.3, 0.4) is 0 Å². The smallest absolute Gasteiger partial charge is 0.193 e. The average Bonchev–Trinajstić information content (AvgIpc) is 2.91. The molecule has 0 radical (unpaired) electrons. The minimum atomic E-state index is 0.0204. The minimum absolute atomic E-state index is 0.0204. The number of carbonyl (C=O) groups is 1. The third-order valence-electron chi connectivity index (χ3n) is 2.20. The molecule has 6 heteroatoms. The molecule has 4 nitrogen and oxygen atoms in total. The number of Topliss-reactive ketones (excluding diaryl/α,β-unsaturated/α-hetero) is 1. The van der Waals surface area contributed by atoms with Crippen LogP contribution in [0.25, 0.3) is 4.96 Å². The van der Waals surface area contributed by atoms with E-state index in [1.807, 2.05) is 22.2 Å². The van der Waals surface area contributed by atoms with Crippen molar-refractivity contribution in [2.75, 3.05) is 0 Å². The first-order valence-electron chi connectivity index (χ1n) is 4.65. The summed E-state index contributed by atoms with van der Waals surface area (Å²) in [6, 6.07) is 0. The Morgan fingerprint density at radius 2 is 2.44 bits per heavy atom. The van der Waals surface area contributed by atoms with Gasteiger partial charge in [0, 0.05) is 23.2 Å². The van der Waals surface area contributed by atoms with E-state index >= 15 is 0 Å². The predicted molar refractivity (Wildman–Crippen MR) is 63.2 cm³/mol. The van der Waals surface area contributed by atoms with Crippen LogP contribution in [-0.4, -0.2) is 20.2 Å². The summed E-state index contributed by atoms with van der Waals surface area (Å²) < 4.78 is 1.92. The van der Waals surface area contributed by atoms with Crippen molar-refractivity contribution in [2.24, 2.45) is 0 Å². The van der Waals surface area contributed by atoms with Crippen LogP contribution < -0.4 is 0 Å². The molecule has 0 aliphatic heterocycles. The molecule has 0 spiro atoms. The van der Waals surface area contributed by atoms with E-state index in [2.05, 4.69) is 9.97 Å². The first-order valence-corrected chi connectivity index (χ1v) is 6.47. The van der Waals surface area contributed by atoms with Crippen LogP contribution in [0.2, 0.25) is 0 Å². The number of imidazole rings is 1. The maximum Gasteiger partial charge on any atom is 0.193 e. The molecule has 80 valence electrons. The van der Waals surface area contributed by atoms with Crippen molar-refractivity contribution in [1.82, 2.24) is 14.4 Å². The summed E-state index contributed by atoms with van der Waals surface area (Å²) in [5.41, 5.74) is 2.99. The van der Waals surface area contributed by atoms with Crippen molar-refractivity contribution in [2.45, 2.75) is 6.42 Å². The van der Waals surface area contributed by atoms with Gasteiger partial charge in [-0.25, -0.2) is 9.97 Å². The highest BCUT2D eigenvalue weighted by atomic mass is 32.1. The number of thiazole rings is 2. The van der Waals surface area contributed by atoms with E-state index in [-0.39, 0.29) is 5.78 Å². The van der Waals surface area contributed by atoms with E-state index < -0.39 is 0 Å². The van der Waals surface area contributed by atoms with Crippen LogP contribution in [0.1, 0.15) is 16.2 Å². The number of rotatable bonds is 3. The zero-order valence-corrected chi connectivity index (χ0v) is 9.79. The van der Waals surface area contributed by atoms with E-state index in [1.165, 1.54) is 11.3 Å². The molecule has 3 heterocycles. The lowest BCUT2D eigenvalue weighted by atomic mass is 10.2. The number of nitrogens with zero attached hydrogens (tertiary/aromatic N) is 3. The molecule has 0 atom stereocenters. The molecule has 0 amide bonds. The zero-order chi connectivity index (χ0) is 11.0. The summed E-state index contributed by atoms with van der Waals surface area (Å²) in [6.07, 6.45) is 4.14. The molecule has 0 aliphatic rings. The fourth-order valence-corrected chi connectivity index (χ4v) is 2.74. The molecule has 0 saturated carbocycles. The molecule has 16 heavy (non-hydrogen) atoms. The largest absolute Gasteiger partial charge is 0.297 e. The Labute approximate surface area is 99.2 Å². The lowest BCUT2D eigenvalue weighted by Crippen LogP contribution is -2.03. The summed E-state index contributed by atoms with van der Waals surface area (Å²) in [7, 11) is 0. The number of ketones is 1. The minimum Gasteiger partial charge on any atom is -0.297 e. The Hall–Kier alpha value is -1.53. The lowest BCUT2D eigenvalue weighted by Gasteiger charge is -1.92. The Balaban J connectivity index is 1.85. The second-order valence-corrected chi connectivity index (χ2v) is 4.89. The monoisotopic (exact) mass is 249 g/mol. The van der Waals surface area contributed by atoms with Gasteiger partial charge in [0.05, 0.1) is 17.6 Å². The fourth-order valence-electron chi connectivity index (χ4n) is 1.47. The Kier molecular flexibility index (Phi) is 2.30. The summed E-state index contributed by atoms with van der Waals surface area (Å²) in [4.78, 5) is 21.0. The summed E-state index contributed by atoms with van der Waals surface area (Å²) >= 11 is 2.99. The fraction of sp³-hybridized carbons (Fsp3) is 0.100. The van der Waals surface area contributed by atoms with Gasteiger partial charge in [-0.05, 0) is 0 Å². The summed E-state index contributed by atoms with van der Waals surface area (Å²) in [5.74, 6) is 0.0204. The second kappa shape index (κ2) is 3.80. The van der Waals surface area contributed by atoms with Gasteiger partial charge in [-0.3, -0.25) is 9.20 Å². The van der Waals surface area contributed by atoms with Crippen LogP contribution in [-0.2, 0) is 6.42 Å². The maximum atomic E-state index is 11.8. The van der Waals surface area contributed by atoms with E-state index in [4.69, 9.17) is 0 Å². The molecule has 3 aromatic rings. The molecule has 0 unspecified atom stereocenters. The van der Waals surface area contributed by atoms with Gasteiger partial charge in [0.15, 0.2) is 10.7 Å². The third kappa shape index (κ3) is 1.66. The SMILES string of the molecule is O=C(Cc1cn2ccsc2n1)c1cscn1. The van der Waals surface area contributed by atoms with Gasteiger partial charge in [0.1, 0.15) is 5.69 Å². The molecule has 3 rings (SSSR count).